The van der Waals surface area contributed by atoms with Crippen molar-refractivity contribution in [2.75, 3.05) is 31.2 Å². The maximum Gasteiger partial charge on any atom is 0.324 e. The third-order valence-corrected chi connectivity index (χ3v) is 3.70. The van der Waals surface area contributed by atoms with Crippen molar-refractivity contribution >= 4 is 11.7 Å². The van der Waals surface area contributed by atoms with Crippen LogP contribution in [-0.2, 0) is 11.3 Å². The average molecular weight is 315 g/mol. The smallest absolute Gasteiger partial charge is 0.324 e. The van der Waals surface area contributed by atoms with E-state index in [0.29, 0.717) is 38.5 Å². The van der Waals surface area contributed by atoms with Crippen LogP contribution in [0.1, 0.15) is 5.56 Å². The van der Waals surface area contributed by atoms with Crippen molar-refractivity contribution in [1.29, 1.82) is 0 Å². The Morgan fingerprint density at radius 3 is 2.78 bits per heavy atom. The number of morpholine rings is 1. The third kappa shape index (κ3) is 3.84. The largest absolute Gasteiger partial charge is 0.378 e. The molecule has 1 saturated heterocycles. The Labute approximate surface area is 134 Å². The van der Waals surface area contributed by atoms with Crippen LogP contribution < -0.4 is 4.90 Å². The zero-order valence-corrected chi connectivity index (χ0v) is 12.7. The maximum atomic E-state index is 13.6. The molecule has 0 spiro atoms. The summed E-state index contributed by atoms with van der Waals surface area (Å²) in [6, 6.07) is 9.64. The molecule has 2 heterocycles. The van der Waals surface area contributed by atoms with Crippen LogP contribution in [0.5, 0.6) is 0 Å². The lowest BCUT2D eigenvalue weighted by molar-refractivity contribution is 0.0548. The Morgan fingerprint density at radius 1 is 1.26 bits per heavy atom. The van der Waals surface area contributed by atoms with Crippen molar-refractivity contribution < 1.29 is 13.9 Å². The van der Waals surface area contributed by atoms with Crippen molar-refractivity contribution in [3.63, 3.8) is 0 Å². The molecule has 6 heteroatoms. The second-order valence-electron chi connectivity index (χ2n) is 5.31. The summed E-state index contributed by atoms with van der Waals surface area (Å²) in [5, 5.41) is 0. The monoisotopic (exact) mass is 315 g/mol. The van der Waals surface area contributed by atoms with Gasteiger partial charge in [0, 0.05) is 31.2 Å². The summed E-state index contributed by atoms with van der Waals surface area (Å²) in [5.74, 6) is -0.367. The third-order valence-electron chi connectivity index (χ3n) is 3.70. The van der Waals surface area contributed by atoms with E-state index in [4.69, 9.17) is 4.74 Å². The molecular weight excluding hydrogens is 297 g/mol. The molecule has 2 aromatic rings. The number of halogens is 1. The van der Waals surface area contributed by atoms with Gasteiger partial charge in [-0.1, -0.05) is 12.1 Å². The Morgan fingerprint density at radius 2 is 2.09 bits per heavy atom. The van der Waals surface area contributed by atoms with Gasteiger partial charge in [0.2, 0.25) is 0 Å². The number of nitrogens with zero attached hydrogens (tertiary/aromatic N) is 3. The van der Waals surface area contributed by atoms with Crippen LogP contribution in [0, 0.1) is 5.82 Å². The fourth-order valence-corrected chi connectivity index (χ4v) is 2.51. The summed E-state index contributed by atoms with van der Waals surface area (Å²) in [4.78, 5) is 20.2. The molecule has 0 radical (unpaired) electrons. The van der Waals surface area contributed by atoms with Crippen LogP contribution in [0.25, 0.3) is 0 Å². The Hall–Kier alpha value is -2.47. The van der Waals surface area contributed by atoms with E-state index in [1.165, 1.54) is 12.1 Å². The number of rotatable bonds is 3. The molecule has 0 bridgehead atoms. The minimum Gasteiger partial charge on any atom is -0.378 e. The lowest BCUT2D eigenvalue weighted by atomic mass is 10.2. The van der Waals surface area contributed by atoms with E-state index in [2.05, 4.69) is 4.98 Å². The summed E-state index contributed by atoms with van der Waals surface area (Å²) in [6.45, 7) is 2.47. The van der Waals surface area contributed by atoms with Crippen LogP contribution in [-0.4, -0.2) is 42.2 Å². The number of hydrogen-bond donors (Lipinski definition) is 0. The molecular formula is C17H18FN3O2. The van der Waals surface area contributed by atoms with Gasteiger partial charge in [0.25, 0.3) is 0 Å². The van der Waals surface area contributed by atoms with Crippen molar-refractivity contribution in [1.82, 2.24) is 9.88 Å². The fourth-order valence-electron chi connectivity index (χ4n) is 2.51. The molecule has 1 aromatic heterocycles. The molecule has 0 unspecified atom stereocenters. The van der Waals surface area contributed by atoms with Gasteiger partial charge in [-0.2, -0.15) is 0 Å². The number of carbonyl (C=O) groups is 1. The molecule has 0 saturated carbocycles. The van der Waals surface area contributed by atoms with Gasteiger partial charge in [0.05, 0.1) is 19.8 Å². The number of aromatic nitrogens is 1. The number of amides is 2. The first-order valence-electron chi connectivity index (χ1n) is 7.53. The first-order chi connectivity index (χ1) is 11.2. The normalized spacial score (nSPS) is 14.6. The highest BCUT2D eigenvalue weighted by Gasteiger charge is 2.24. The molecule has 120 valence electrons. The minimum atomic E-state index is -0.367. The predicted molar refractivity (Wildman–Crippen MR) is 84.6 cm³/mol. The van der Waals surface area contributed by atoms with Crippen molar-refractivity contribution in [3.05, 3.63) is 60.2 Å². The highest BCUT2D eigenvalue weighted by molar-refractivity contribution is 5.92. The SMILES string of the molecule is O=C(N1CCOCC1)N(Cc1cccnc1)c1cccc(F)c1. The van der Waals surface area contributed by atoms with Crippen LogP contribution >= 0.6 is 0 Å². The number of anilines is 1. The van der Waals surface area contributed by atoms with Gasteiger partial charge in [0.15, 0.2) is 0 Å². The highest BCUT2D eigenvalue weighted by atomic mass is 19.1. The van der Waals surface area contributed by atoms with E-state index in [1.54, 1.807) is 34.3 Å². The predicted octanol–water partition coefficient (Wildman–Crippen LogP) is 2.68. The Kier molecular flexibility index (Phi) is 4.83. The summed E-state index contributed by atoms with van der Waals surface area (Å²) in [7, 11) is 0. The summed E-state index contributed by atoms with van der Waals surface area (Å²) in [5.41, 5.74) is 1.42. The van der Waals surface area contributed by atoms with Gasteiger partial charge in [-0.15, -0.1) is 0 Å². The second kappa shape index (κ2) is 7.19. The molecule has 1 fully saturated rings. The molecule has 1 aliphatic rings. The van der Waals surface area contributed by atoms with Gasteiger partial charge in [-0.25, -0.2) is 9.18 Å². The van der Waals surface area contributed by atoms with Crippen LogP contribution in [0.4, 0.5) is 14.9 Å². The molecule has 1 aromatic carbocycles. The summed E-state index contributed by atoms with van der Waals surface area (Å²) < 4.78 is 18.9. The summed E-state index contributed by atoms with van der Waals surface area (Å²) in [6.07, 6.45) is 3.39. The zero-order chi connectivity index (χ0) is 16.1. The first-order valence-corrected chi connectivity index (χ1v) is 7.53. The Bertz CT molecular complexity index is 660. The van der Waals surface area contributed by atoms with Gasteiger partial charge < -0.3 is 9.64 Å². The standard InChI is InChI=1S/C17H18FN3O2/c18-15-4-1-5-16(11-15)21(13-14-3-2-6-19-12-14)17(22)20-7-9-23-10-8-20/h1-6,11-12H,7-10,13H2. The van der Waals surface area contributed by atoms with Gasteiger partial charge >= 0.3 is 6.03 Å². The lowest BCUT2D eigenvalue weighted by Gasteiger charge is -2.33. The fraction of sp³-hybridized carbons (Fsp3) is 0.294. The number of carbonyl (C=O) groups excluding carboxylic acids is 1. The highest BCUT2D eigenvalue weighted by Crippen LogP contribution is 2.20. The van der Waals surface area contributed by atoms with Gasteiger partial charge in [-0.3, -0.25) is 9.88 Å². The Balaban J connectivity index is 1.87. The average Bonchev–Trinajstić information content (AvgIpc) is 2.61. The first kappa shape index (κ1) is 15.4. The number of hydrogen-bond acceptors (Lipinski definition) is 3. The number of urea groups is 1. The van der Waals surface area contributed by atoms with Crippen molar-refractivity contribution in [3.8, 4) is 0 Å². The van der Waals surface area contributed by atoms with E-state index >= 15 is 0 Å². The van der Waals surface area contributed by atoms with Crippen LogP contribution in [0.2, 0.25) is 0 Å². The van der Waals surface area contributed by atoms with Crippen molar-refractivity contribution in [2.24, 2.45) is 0 Å². The molecule has 1 aliphatic heterocycles. The van der Waals surface area contributed by atoms with E-state index in [1.807, 2.05) is 12.1 Å². The minimum absolute atomic E-state index is 0.150. The molecule has 2 amide bonds. The zero-order valence-electron chi connectivity index (χ0n) is 12.7. The van der Waals surface area contributed by atoms with Gasteiger partial charge in [-0.05, 0) is 29.8 Å². The van der Waals surface area contributed by atoms with E-state index < -0.39 is 0 Å². The van der Waals surface area contributed by atoms with Gasteiger partial charge in [0.1, 0.15) is 5.82 Å². The molecule has 0 atom stereocenters. The number of benzene rings is 1. The lowest BCUT2D eigenvalue weighted by Crippen LogP contribution is -2.48. The number of ether oxygens (including phenoxy) is 1. The second-order valence-corrected chi connectivity index (χ2v) is 5.31. The van der Waals surface area contributed by atoms with E-state index in [-0.39, 0.29) is 11.8 Å². The van der Waals surface area contributed by atoms with E-state index in [0.717, 1.165) is 5.56 Å². The maximum absolute atomic E-state index is 13.6. The molecule has 5 nitrogen and oxygen atoms in total. The van der Waals surface area contributed by atoms with E-state index in [9.17, 15) is 9.18 Å². The van der Waals surface area contributed by atoms with Crippen LogP contribution in [0.3, 0.4) is 0 Å². The van der Waals surface area contributed by atoms with Crippen LogP contribution in [0.15, 0.2) is 48.8 Å². The molecule has 23 heavy (non-hydrogen) atoms. The summed E-state index contributed by atoms with van der Waals surface area (Å²) >= 11 is 0. The molecule has 0 N–H and O–H groups in total. The quantitative estimate of drug-likeness (QED) is 0.875. The van der Waals surface area contributed by atoms with Crippen molar-refractivity contribution in [2.45, 2.75) is 6.54 Å². The molecule has 3 rings (SSSR count). The topological polar surface area (TPSA) is 45.7 Å². The number of pyridine rings is 1. The molecule has 0 aliphatic carbocycles.